The minimum atomic E-state index is 0.353. The van der Waals surface area contributed by atoms with Gasteiger partial charge in [0.15, 0.2) is 0 Å². The van der Waals surface area contributed by atoms with E-state index in [0.717, 1.165) is 0 Å². The second-order valence-corrected chi connectivity index (χ2v) is 3.15. The van der Waals surface area contributed by atoms with Crippen LogP contribution in [-0.4, -0.2) is 6.04 Å². The number of hydrogen-bond donors (Lipinski definition) is 1. The summed E-state index contributed by atoms with van der Waals surface area (Å²) < 4.78 is 0. The van der Waals surface area contributed by atoms with Crippen LogP contribution >= 0.6 is 0 Å². The van der Waals surface area contributed by atoms with Crippen LogP contribution < -0.4 is 5.73 Å². The maximum atomic E-state index is 5.88. The number of allylic oxidation sites excluding steroid dienone is 2. The zero-order valence-corrected chi connectivity index (χ0v) is 8.14. The zero-order chi connectivity index (χ0) is 8.97. The Kier molecular flexibility index (Phi) is 3.54. The van der Waals surface area contributed by atoms with Crippen LogP contribution in [0.5, 0.6) is 0 Å². The summed E-state index contributed by atoms with van der Waals surface area (Å²) in [7, 11) is 0. The van der Waals surface area contributed by atoms with Crippen molar-refractivity contribution in [3.63, 3.8) is 0 Å². The van der Waals surface area contributed by atoms with Gasteiger partial charge in [0.1, 0.15) is 0 Å². The predicted molar refractivity (Wildman–Crippen MR) is 54.0 cm³/mol. The minimum Gasteiger partial charge on any atom is -0.324 e. The Bertz CT molecular complexity index is 201. The Labute approximate surface area is 75.3 Å². The number of nitrogens with two attached hydrogens (primary N) is 1. The van der Waals surface area contributed by atoms with Gasteiger partial charge in [-0.05, 0) is 31.3 Å². The molecule has 0 aromatic heterocycles. The molecule has 0 aromatic rings. The lowest BCUT2D eigenvalue weighted by Gasteiger charge is -2.09. The first kappa shape index (κ1) is 9.53. The Balaban J connectivity index is 0.000000336. The fourth-order valence-electron chi connectivity index (χ4n) is 1.87. The summed E-state index contributed by atoms with van der Waals surface area (Å²) in [5.74, 6) is 0. The molecule has 2 aliphatic rings. The molecule has 0 bridgehead atoms. The van der Waals surface area contributed by atoms with E-state index in [4.69, 9.17) is 5.73 Å². The maximum Gasteiger partial charge on any atom is 0.0297 e. The van der Waals surface area contributed by atoms with E-state index in [2.05, 4.69) is 12.2 Å². The lowest BCUT2D eigenvalue weighted by atomic mass is 9.99. The maximum absolute atomic E-state index is 5.88. The fourth-order valence-corrected chi connectivity index (χ4v) is 1.87. The minimum absolute atomic E-state index is 0.353. The van der Waals surface area contributed by atoms with Crippen LogP contribution in [0.1, 0.15) is 39.5 Å². The van der Waals surface area contributed by atoms with Gasteiger partial charge >= 0.3 is 0 Å². The highest BCUT2D eigenvalue weighted by molar-refractivity contribution is 5.37. The third-order valence-corrected chi connectivity index (χ3v) is 2.48. The fraction of sp³-hybridized carbons (Fsp3) is 0.636. The van der Waals surface area contributed by atoms with Crippen LogP contribution in [-0.2, 0) is 0 Å². The summed E-state index contributed by atoms with van der Waals surface area (Å²) >= 11 is 0. The molecule has 0 saturated heterocycles. The van der Waals surface area contributed by atoms with Gasteiger partial charge in [-0.15, -0.1) is 0 Å². The van der Waals surface area contributed by atoms with Crippen molar-refractivity contribution in [2.24, 2.45) is 5.73 Å². The molecule has 0 heterocycles. The molecule has 0 amide bonds. The summed E-state index contributed by atoms with van der Waals surface area (Å²) in [6.07, 6.45) is 9.38. The average Bonchev–Trinajstić information content (AvgIpc) is 2.53. The van der Waals surface area contributed by atoms with Gasteiger partial charge in [-0.1, -0.05) is 31.6 Å². The predicted octanol–water partition coefficient (Wildman–Crippen LogP) is 2.78. The van der Waals surface area contributed by atoms with Gasteiger partial charge in [0.25, 0.3) is 0 Å². The second kappa shape index (κ2) is 4.46. The van der Waals surface area contributed by atoms with Crippen molar-refractivity contribution < 1.29 is 0 Å². The van der Waals surface area contributed by atoms with E-state index in [1.165, 1.54) is 31.3 Å². The van der Waals surface area contributed by atoms with Gasteiger partial charge in [0, 0.05) is 6.04 Å². The highest BCUT2D eigenvalue weighted by Gasteiger charge is 2.20. The van der Waals surface area contributed by atoms with E-state index >= 15 is 0 Å². The van der Waals surface area contributed by atoms with E-state index in [0.29, 0.717) is 6.04 Å². The van der Waals surface area contributed by atoms with Crippen LogP contribution in [0.25, 0.3) is 0 Å². The first-order valence-corrected chi connectivity index (χ1v) is 5.02. The Morgan fingerprint density at radius 1 is 1.33 bits per heavy atom. The lowest BCUT2D eigenvalue weighted by Crippen LogP contribution is -2.17. The van der Waals surface area contributed by atoms with Crippen LogP contribution in [0.3, 0.4) is 0 Å². The normalized spacial score (nSPS) is 26.4. The molecule has 0 aromatic carbocycles. The molecule has 12 heavy (non-hydrogen) atoms. The number of rotatable bonds is 0. The van der Waals surface area contributed by atoms with Gasteiger partial charge in [-0.25, -0.2) is 0 Å². The van der Waals surface area contributed by atoms with E-state index in [-0.39, 0.29) is 0 Å². The first-order valence-electron chi connectivity index (χ1n) is 5.02. The third kappa shape index (κ3) is 1.78. The largest absolute Gasteiger partial charge is 0.324 e. The Morgan fingerprint density at radius 3 is 2.75 bits per heavy atom. The quantitative estimate of drug-likeness (QED) is 0.587. The van der Waals surface area contributed by atoms with Crippen molar-refractivity contribution in [1.82, 2.24) is 0 Å². The Morgan fingerprint density at radius 2 is 2.08 bits per heavy atom. The molecule has 1 atom stereocenters. The smallest absolute Gasteiger partial charge is 0.0297 e. The van der Waals surface area contributed by atoms with E-state index in [1.807, 2.05) is 13.8 Å². The molecule has 2 N–H and O–H groups in total. The van der Waals surface area contributed by atoms with Gasteiger partial charge in [-0.3, -0.25) is 0 Å². The molecule has 68 valence electrons. The highest BCUT2D eigenvalue weighted by atomic mass is 14.6. The molecule has 0 fully saturated rings. The second-order valence-electron chi connectivity index (χ2n) is 3.15. The van der Waals surface area contributed by atoms with Crippen molar-refractivity contribution in [1.29, 1.82) is 0 Å². The van der Waals surface area contributed by atoms with Crippen molar-refractivity contribution in [2.45, 2.75) is 45.6 Å². The number of hydrogen-bond acceptors (Lipinski definition) is 1. The molecule has 0 radical (unpaired) electrons. The van der Waals surface area contributed by atoms with Crippen LogP contribution in [0.15, 0.2) is 23.3 Å². The molecule has 0 saturated carbocycles. The van der Waals surface area contributed by atoms with E-state index in [9.17, 15) is 0 Å². The first-order chi connectivity index (χ1) is 5.88. The topological polar surface area (TPSA) is 26.0 Å². The molecule has 1 heteroatoms. The molecule has 1 nitrogen and oxygen atoms in total. The summed E-state index contributed by atoms with van der Waals surface area (Å²) in [5, 5.41) is 0. The van der Waals surface area contributed by atoms with Gasteiger partial charge in [-0.2, -0.15) is 0 Å². The molecule has 1 unspecified atom stereocenters. The molecule has 0 spiro atoms. The van der Waals surface area contributed by atoms with Gasteiger partial charge in [0.05, 0.1) is 0 Å². The molecular weight excluding hydrogens is 146 g/mol. The average molecular weight is 165 g/mol. The highest BCUT2D eigenvalue weighted by Crippen LogP contribution is 2.32. The van der Waals surface area contributed by atoms with E-state index < -0.39 is 0 Å². The van der Waals surface area contributed by atoms with Gasteiger partial charge in [0.2, 0.25) is 0 Å². The standard InChI is InChI=1S/C9H13N.C2H6/c10-9-6-5-7-3-1-2-4-8(7)9;1-2/h2,4,9H,1,3,5-6,10H2;1-2H3. The monoisotopic (exact) mass is 165 g/mol. The van der Waals surface area contributed by atoms with Crippen molar-refractivity contribution in [3.8, 4) is 0 Å². The van der Waals surface area contributed by atoms with Crippen molar-refractivity contribution >= 4 is 0 Å². The van der Waals surface area contributed by atoms with Crippen molar-refractivity contribution in [2.75, 3.05) is 0 Å². The molecular formula is C11H19N. The summed E-state index contributed by atoms with van der Waals surface area (Å²) in [6, 6.07) is 0.353. The SMILES string of the molecule is CC.NC1CCC2=C1C=CCC2. The summed E-state index contributed by atoms with van der Waals surface area (Å²) in [5.41, 5.74) is 8.94. The summed E-state index contributed by atoms with van der Waals surface area (Å²) in [6.45, 7) is 4.00. The van der Waals surface area contributed by atoms with E-state index in [1.54, 1.807) is 5.57 Å². The lowest BCUT2D eigenvalue weighted by molar-refractivity contribution is 0.756. The molecule has 2 aliphatic carbocycles. The summed E-state index contributed by atoms with van der Waals surface area (Å²) in [4.78, 5) is 0. The van der Waals surface area contributed by atoms with Crippen LogP contribution in [0, 0.1) is 0 Å². The third-order valence-electron chi connectivity index (χ3n) is 2.48. The molecule has 0 aliphatic heterocycles. The zero-order valence-electron chi connectivity index (χ0n) is 8.14. The van der Waals surface area contributed by atoms with Crippen molar-refractivity contribution in [3.05, 3.63) is 23.3 Å². The van der Waals surface area contributed by atoms with Gasteiger partial charge < -0.3 is 5.73 Å². The molecule has 2 rings (SSSR count). The Hall–Kier alpha value is -0.560. The van der Waals surface area contributed by atoms with Crippen LogP contribution in [0.4, 0.5) is 0 Å². The van der Waals surface area contributed by atoms with Crippen LogP contribution in [0.2, 0.25) is 0 Å².